The maximum atomic E-state index is 14.9. The number of halogens is 3. The number of fused-ring (bicyclic) bond motifs is 1. The summed E-state index contributed by atoms with van der Waals surface area (Å²) in [5.74, 6) is 0.242. The van der Waals surface area contributed by atoms with Crippen molar-refractivity contribution in [1.82, 2.24) is 15.0 Å². The van der Waals surface area contributed by atoms with Crippen molar-refractivity contribution in [3.05, 3.63) is 53.1 Å². The zero-order chi connectivity index (χ0) is 24.5. The number of alkyl halides is 2. The molecule has 7 nitrogen and oxygen atoms in total. The lowest BCUT2D eigenvalue weighted by molar-refractivity contribution is 0.147. The summed E-state index contributed by atoms with van der Waals surface area (Å²) in [6.07, 6.45) is -1.07. The van der Waals surface area contributed by atoms with Gasteiger partial charge in [0.05, 0.1) is 30.0 Å². The molecule has 2 aromatic heterocycles. The molecule has 1 atom stereocenters. The van der Waals surface area contributed by atoms with Crippen LogP contribution in [0.5, 0.6) is 5.88 Å². The summed E-state index contributed by atoms with van der Waals surface area (Å²) in [6.45, 7) is 1.71. The highest BCUT2D eigenvalue weighted by atomic mass is 32.2. The lowest BCUT2D eigenvalue weighted by atomic mass is 9.93. The van der Waals surface area contributed by atoms with Gasteiger partial charge < -0.3 is 10.1 Å². The molecule has 1 N–H and O–H groups in total. The molecule has 3 heterocycles. The Balaban J connectivity index is 1.68. The van der Waals surface area contributed by atoms with Crippen molar-refractivity contribution in [2.45, 2.75) is 44.6 Å². The number of nitrogens with zero attached hydrogens (tertiary/aromatic N) is 3. The van der Waals surface area contributed by atoms with Crippen LogP contribution in [-0.2, 0) is 16.3 Å². The zero-order valence-corrected chi connectivity index (χ0v) is 19.6. The first-order valence-corrected chi connectivity index (χ1v) is 12.7. The minimum absolute atomic E-state index is 0.0466. The molecule has 11 heteroatoms. The highest BCUT2D eigenvalue weighted by Gasteiger charge is 2.28. The Morgan fingerprint density at radius 2 is 1.94 bits per heavy atom. The standard InChI is InChI=1S/C23H25F3N4O3S/c1-13(16-5-3-4-15(20(16)26)10-19(24)25)29-21-18-11-17(14-6-8-34(31,32)9-7-14)23(33-2)30-22(18)28-12-27-21/h3-5,11-14,19H,6-10H2,1-2H3,(H,27,28,29,30)/t13-/m1/s1. The molecule has 34 heavy (non-hydrogen) atoms. The summed E-state index contributed by atoms with van der Waals surface area (Å²) < 4.78 is 69.7. The van der Waals surface area contributed by atoms with Gasteiger partial charge in [-0.15, -0.1) is 0 Å². The van der Waals surface area contributed by atoms with Crippen LogP contribution < -0.4 is 10.1 Å². The second-order valence-corrected chi connectivity index (χ2v) is 10.7. The van der Waals surface area contributed by atoms with Crippen molar-refractivity contribution in [2.24, 2.45) is 0 Å². The molecule has 0 bridgehead atoms. The van der Waals surface area contributed by atoms with Gasteiger partial charge in [0.15, 0.2) is 5.65 Å². The molecule has 0 radical (unpaired) electrons. The van der Waals surface area contributed by atoms with Gasteiger partial charge in [-0.2, -0.15) is 4.98 Å². The second kappa shape index (κ2) is 9.73. The van der Waals surface area contributed by atoms with Crippen LogP contribution in [-0.4, -0.2) is 48.4 Å². The van der Waals surface area contributed by atoms with E-state index in [0.717, 1.165) is 5.56 Å². The monoisotopic (exact) mass is 494 g/mol. The smallest absolute Gasteiger partial charge is 0.242 e. The van der Waals surface area contributed by atoms with Crippen LogP contribution in [0, 0.1) is 5.82 Å². The molecule has 3 aromatic rings. The van der Waals surface area contributed by atoms with E-state index in [4.69, 9.17) is 4.74 Å². The topological polar surface area (TPSA) is 94.1 Å². The predicted molar refractivity (Wildman–Crippen MR) is 123 cm³/mol. The van der Waals surface area contributed by atoms with Crippen molar-refractivity contribution in [1.29, 1.82) is 0 Å². The third kappa shape index (κ3) is 5.08. The fourth-order valence-electron chi connectivity index (χ4n) is 4.30. The molecular formula is C23H25F3N4O3S. The van der Waals surface area contributed by atoms with Crippen molar-refractivity contribution in [3.63, 3.8) is 0 Å². The van der Waals surface area contributed by atoms with Crippen LogP contribution in [0.25, 0.3) is 11.0 Å². The summed E-state index contributed by atoms with van der Waals surface area (Å²) in [5.41, 5.74) is 1.32. The third-order valence-corrected chi connectivity index (χ3v) is 7.82. The van der Waals surface area contributed by atoms with E-state index >= 15 is 0 Å². The largest absolute Gasteiger partial charge is 0.481 e. The van der Waals surface area contributed by atoms with Gasteiger partial charge in [0.25, 0.3) is 0 Å². The van der Waals surface area contributed by atoms with E-state index < -0.39 is 34.5 Å². The van der Waals surface area contributed by atoms with Crippen molar-refractivity contribution >= 4 is 26.7 Å². The summed E-state index contributed by atoms with van der Waals surface area (Å²) >= 11 is 0. The fourth-order valence-corrected chi connectivity index (χ4v) is 5.79. The first-order valence-electron chi connectivity index (χ1n) is 10.9. The summed E-state index contributed by atoms with van der Waals surface area (Å²) in [4.78, 5) is 13.0. The Hall–Kier alpha value is -2.95. The Morgan fingerprint density at radius 3 is 2.62 bits per heavy atom. The van der Waals surface area contributed by atoms with Gasteiger partial charge in [0.2, 0.25) is 12.3 Å². The summed E-state index contributed by atoms with van der Waals surface area (Å²) in [5, 5.41) is 3.72. The van der Waals surface area contributed by atoms with Gasteiger partial charge in [-0.1, -0.05) is 18.2 Å². The number of methoxy groups -OCH3 is 1. The van der Waals surface area contributed by atoms with E-state index in [1.807, 2.05) is 6.07 Å². The number of aromatic nitrogens is 3. The molecule has 0 amide bonds. The average Bonchev–Trinajstić information content (AvgIpc) is 2.79. The van der Waals surface area contributed by atoms with Gasteiger partial charge in [0.1, 0.15) is 27.8 Å². The maximum absolute atomic E-state index is 14.9. The van der Waals surface area contributed by atoms with Gasteiger partial charge in [-0.25, -0.2) is 31.6 Å². The van der Waals surface area contributed by atoms with Gasteiger partial charge in [0, 0.05) is 17.5 Å². The van der Waals surface area contributed by atoms with Crippen molar-refractivity contribution in [2.75, 3.05) is 23.9 Å². The number of nitrogens with one attached hydrogen (secondary N) is 1. The number of ether oxygens (including phenoxy) is 1. The number of sulfone groups is 1. The zero-order valence-electron chi connectivity index (χ0n) is 18.8. The number of pyridine rings is 1. The number of benzene rings is 1. The van der Waals surface area contributed by atoms with Gasteiger partial charge >= 0.3 is 0 Å². The number of hydrogen-bond acceptors (Lipinski definition) is 7. The van der Waals surface area contributed by atoms with E-state index in [9.17, 15) is 21.6 Å². The molecule has 0 saturated carbocycles. The molecule has 1 fully saturated rings. The normalized spacial score (nSPS) is 17.1. The van der Waals surface area contributed by atoms with E-state index in [0.29, 0.717) is 35.6 Å². The maximum Gasteiger partial charge on any atom is 0.242 e. The van der Waals surface area contributed by atoms with Gasteiger partial charge in [-0.05, 0) is 37.3 Å². The van der Waals surface area contributed by atoms with Crippen LogP contribution in [0.1, 0.15) is 48.4 Å². The molecule has 0 unspecified atom stereocenters. The van der Waals surface area contributed by atoms with E-state index in [1.165, 1.54) is 19.5 Å². The molecular weight excluding hydrogens is 469 g/mol. The minimum Gasteiger partial charge on any atom is -0.481 e. The lowest BCUT2D eigenvalue weighted by Gasteiger charge is -2.24. The molecule has 1 aliphatic rings. The number of rotatable bonds is 7. The van der Waals surface area contributed by atoms with Crippen molar-refractivity contribution < 1.29 is 26.3 Å². The number of hydrogen-bond donors (Lipinski definition) is 1. The number of anilines is 1. The highest BCUT2D eigenvalue weighted by molar-refractivity contribution is 7.91. The molecule has 1 saturated heterocycles. The molecule has 1 aliphatic heterocycles. The Morgan fingerprint density at radius 1 is 1.21 bits per heavy atom. The Kier molecular flexibility index (Phi) is 6.92. The van der Waals surface area contributed by atoms with E-state index in [2.05, 4.69) is 20.3 Å². The molecule has 182 valence electrons. The summed E-state index contributed by atoms with van der Waals surface area (Å²) in [7, 11) is -1.54. The Bertz CT molecular complexity index is 1290. The SMILES string of the molecule is COc1nc2ncnc(N[C@H](C)c3cccc(CC(F)F)c3F)c2cc1C1CCS(=O)(=O)CC1. The van der Waals surface area contributed by atoms with E-state index in [1.54, 1.807) is 19.1 Å². The quantitative estimate of drug-likeness (QED) is 0.519. The van der Waals surface area contributed by atoms with Crippen LogP contribution in [0.2, 0.25) is 0 Å². The minimum atomic E-state index is -3.04. The third-order valence-electron chi connectivity index (χ3n) is 6.11. The van der Waals surface area contributed by atoms with Crippen LogP contribution in [0.4, 0.5) is 19.0 Å². The first kappa shape index (κ1) is 24.2. The second-order valence-electron chi connectivity index (χ2n) is 8.39. The first-order chi connectivity index (χ1) is 16.2. The van der Waals surface area contributed by atoms with Crippen LogP contribution in [0.3, 0.4) is 0 Å². The van der Waals surface area contributed by atoms with Crippen LogP contribution >= 0.6 is 0 Å². The highest BCUT2D eigenvalue weighted by Crippen LogP contribution is 2.37. The predicted octanol–water partition coefficient (Wildman–Crippen LogP) is 4.45. The fraction of sp³-hybridized carbons (Fsp3) is 0.435. The molecule has 0 spiro atoms. The molecule has 0 aliphatic carbocycles. The van der Waals surface area contributed by atoms with Crippen molar-refractivity contribution in [3.8, 4) is 5.88 Å². The summed E-state index contributed by atoms with van der Waals surface area (Å²) in [6, 6.07) is 5.70. The molecule has 4 rings (SSSR count). The Labute approximate surface area is 195 Å². The van der Waals surface area contributed by atoms with Gasteiger partial charge in [-0.3, -0.25) is 0 Å². The average molecular weight is 495 g/mol. The van der Waals surface area contributed by atoms with E-state index in [-0.39, 0.29) is 28.6 Å². The molecule has 1 aromatic carbocycles. The lowest BCUT2D eigenvalue weighted by Crippen LogP contribution is -2.22. The van der Waals surface area contributed by atoms with Crippen LogP contribution in [0.15, 0.2) is 30.6 Å².